The van der Waals surface area contributed by atoms with Crippen LogP contribution in [0.4, 0.5) is 0 Å². The molecule has 0 aliphatic heterocycles. The standard InChI is InChI=1S/C13H17N3O3/c1-9(17)16-15-7-6-10-2-4-11(5-3-10)8-12(14)13(18)19/h2-5,7,12H,6,8,14H2,1H3,(H,16,17)(H,18,19). The smallest absolute Gasteiger partial charge is 0.320 e. The van der Waals surface area contributed by atoms with Gasteiger partial charge in [0.15, 0.2) is 0 Å². The summed E-state index contributed by atoms with van der Waals surface area (Å²) in [6.07, 6.45) is 2.49. The Balaban J connectivity index is 2.50. The summed E-state index contributed by atoms with van der Waals surface area (Å²) in [4.78, 5) is 21.2. The van der Waals surface area contributed by atoms with E-state index in [0.717, 1.165) is 11.1 Å². The van der Waals surface area contributed by atoms with Crippen LogP contribution in [0.25, 0.3) is 0 Å². The summed E-state index contributed by atoms with van der Waals surface area (Å²) in [5.74, 6) is -1.22. The van der Waals surface area contributed by atoms with E-state index in [1.165, 1.54) is 6.92 Å². The number of hydrogen-bond acceptors (Lipinski definition) is 4. The molecule has 1 aromatic rings. The lowest BCUT2D eigenvalue weighted by Gasteiger charge is -2.06. The van der Waals surface area contributed by atoms with Gasteiger partial charge in [-0.2, -0.15) is 5.10 Å². The topological polar surface area (TPSA) is 105 Å². The van der Waals surface area contributed by atoms with E-state index in [4.69, 9.17) is 10.8 Å². The monoisotopic (exact) mass is 263 g/mol. The maximum Gasteiger partial charge on any atom is 0.320 e. The summed E-state index contributed by atoms with van der Waals surface area (Å²) < 4.78 is 0. The molecule has 6 heteroatoms. The second kappa shape index (κ2) is 7.27. The number of carbonyl (C=O) groups is 2. The first-order valence-electron chi connectivity index (χ1n) is 5.83. The van der Waals surface area contributed by atoms with Crippen molar-refractivity contribution in [1.82, 2.24) is 5.43 Å². The van der Waals surface area contributed by atoms with E-state index in [1.807, 2.05) is 24.3 Å². The fraction of sp³-hybridized carbons (Fsp3) is 0.308. The van der Waals surface area contributed by atoms with Gasteiger partial charge < -0.3 is 10.8 Å². The molecular weight excluding hydrogens is 246 g/mol. The Bertz CT molecular complexity index is 469. The van der Waals surface area contributed by atoms with Crippen LogP contribution in [-0.4, -0.2) is 29.2 Å². The van der Waals surface area contributed by atoms with Crippen LogP contribution in [0.2, 0.25) is 0 Å². The van der Waals surface area contributed by atoms with Gasteiger partial charge in [0.25, 0.3) is 0 Å². The zero-order valence-corrected chi connectivity index (χ0v) is 10.7. The highest BCUT2D eigenvalue weighted by atomic mass is 16.4. The Morgan fingerprint density at radius 2 is 1.95 bits per heavy atom. The molecule has 6 nitrogen and oxygen atoms in total. The van der Waals surface area contributed by atoms with Crippen LogP contribution in [0.3, 0.4) is 0 Å². The van der Waals surface area contributed by atoms with Crippen molar-refractivity contribution in [1.29, 1.82) is 0 Å². The van der Waals surface area contributed by atoms with Gasteiger partial charge >= 0.3 is 5.97 Å². The Kier molecular flexibility index (Phi) is 5.69. The third-order valence-electron chi connectivity index (χ3n) is 2.44. The van der Waals surface area contributed by atoms with Crippen molar-refractivity contribution in [2.45, 2.75) is 25.8 Å². The van der Waals surface area contributed by atoms with Gasteiger partial charge in [-0.3, -0.25) is 9.59 Å². The maximum absolute atomic E-state index is 10.6. The normalized spacial score (nSPS) is 12.3. The van der Waals surface area contributed by atoms with Gasteiger partial charge in [0.05, 0.1) is 0 Å². The Labute approximate surface area is 111 Å². The zero-order chi connectivity index (χ0) is 14.3. The number of carboxylic acids is 1. The number of carbonyl (C=O) groups excluding carboxylic acids is 1. The van der Waals surface area contributed by atoms with Gasteiger partial charge in [-0.15, -0.1) is 0 Å². The van der Waals surface area contributed by atoms with Crippen LogP contribution in [0.15, 0.2) is 29.4 Å². The molecule has 0 heterocycles. The molecule has 1 rings (SSSR count). The minimum absolute atomic E-state index is 0.214. The number of hydrazone groups is 1. The van der Waals surface area contributed by atoms with Gasteiger partial charge in [0.1, 0.15) is 6.04 Å². The minimum Gasteiger partial charge on any atom is -0.480 e. The highest BCUT2D eigenvalue weighted by molar-refractivity contribution is 5.74. The fourth-order valence-corrected chi connectivity index (χ4v) is 1.44. The first kappa shape index (κ1) is 14.8. The molecule has 0 fully saturated rings. The third-order valence-corrected chi connectivity index (χ3v) is 2.44. The van der Waals surface area contributed by atoms with E-state index in [0.29, 0.717) is 12.8 Å². The lowest BCUT2D eigenvalue weighted by molar-refractivity contribution is -0.138. The minimum atomic E-state index is -1.01. The van der Waals surface area contributed by atoms with Crippen molar-refractivity contribution >= 4 is 18.1 Å². The van der Waals surface area contributed by atoms with Crippen molar-refractivity contribution in [3.8, 4) is 0 Å². The Morgan fingerprint density at radius 1 is 1.37 bits per heavy atom. The molecule has 0 radical (unpaired) electrons. The predicted molar refractivity (Wildman–Crippen MR) is 71.8 cm³/mol. The molecule has 0 bridgehead atoms. The second-order valence-electron chi connectivity index (χ2n) is 4.15. The summed E-state index contributed by atoms with van der Waals surface area (Å²) in [5.41, 5.74) is 9.65. The molecule has 102 valence electrons. The molecule has 1 aromatic carbocycles. The van der Waals surface area contributed by atoms with Crippen molar-refractivity contribution in [3.05, 3.63) is 35.4 Å². The summed E-state index contributed by atoms with van der Waals surface area (Å²) in [5, 5.41) is 12.4. The molecular formula is C13H17N3O3. The lowest BCUT2D eigenvalue weighted by atomic mass is 10.0. The Morgan fingerprint density at radius 3 is 2.47 bits per heavy atom. The van der Waals surface area contributed by atoms with Gasteiger partial charge in [-0.05, 0) is 17.5 Å². The zero-order valence-electron chi connectivity index (χ0n) is 10.7. The largest absolute Gasteiger partial charge is 0.480 e. The molecule has 0 spiro atoms. The number of nitrogens with one attached hydrogen (secondary N) is 1. The molecule has 1 atom stereocenters. The first-order valence-corrected chi connectivity index (χ1v) is 5.83. The van der Waals surface area contributed by atoms with E-state index in [-0.39, 0.29) is 5.91 Å². The quantitative estimate of drug-likeness (QED) is 0.507. The lowest BCUT2D eigenvalue weighted by Crippen LogP contribution is -2.32. The van der Waals surface area contributed by atoms with Crippen LogP contribution >= 0.6 is 0 Å². The molecule has 0 aliphatic rings. The third kappa shape index (κ3) is 5.78. The maximum atomic E-state index is 10.6. The highest BCUT2D eigenvalue weighted by Gasteiger charge is 2.11. The van der Waals surface area contributed by atoms with Crippen LogP contribution in [-0.2, 0) is 22.4 Å². The molecule has 0 saturated heterocycles. The van der Waals surface area contributed by atoms with Crippen LogP contribution in [0, 0.1) is 0 Å². The van der Waals surface area contributed by atoms with Crippen molar-refractivity contribution < 1.29 is 14.7 Å². The average Bonchev–Trinajstić information content (AvgIpc) is 2.36. The van der Waals surface area contributed by atoms with E-state index in [2.05, 4.69) is 10.5 Å². The number of benzene rings is 1. The predicted octanol–water partition coefficient (Wildman–Crippen LogP) is 0.305. The van der Waals surface area contributed by atoms with Crippen LogP contribution in [0.5, 0.6) is 0 Å². The molecule has 19 heavy (non-hydrogen) atoms. The molecule has 1 amide bonds. The molecule has 1 unspecified atom stereocenters. The summed E-state index contributed by atoms with van der Waals surface area (Å²) >= 11 is 0. The summed E-state index contributed by atoms with van der Waals surface area (Å²) in [6, 6.07) is 6.55. The fourth-order valence-electron chi connectivity index (χ4n) is 1.44. The molecule has 0 aromatic heterocycles. The highest BCUT2D eigenvalue weighted by Crippen LogP contribution is 2.06. The van der Waals surface area contributed by atoms with Crippen molar-refractivity contribution in [2.75, 3.05) is 0 Å². The van der Waals surface area contributed by atoms with Gasteiger partial charge in [-0.25, -0.2) is 5.43 Å². The second-order valence-corrected chi connectivity index (χ2v) is 4.15. The summed E-state index contributed by atoms with van der Waals surface area (Å²) in [7, 11) is 0. The average molecular weight is 263 g/mol. The molecule has 0 saturated carbocycles. The van der Waals surface area contributed by atoms with E-state index in [9.17, 15) is 9.59 Å². The number of carboxylic acid groups (broad SMARTS) is 1. The summed E-state index contributed by atoms with van der Waals surface area (Å²) in [6.45, 7) is 1.39. The molecule has 0 aliphatic carbocycles. The molecule has 4 N–H and O–H groups in total. The van der Waals surface area contributed by atoms with Gasteiger partial charge in [-0.1, -0.05) is 24.3 Å². The van der Waals surface area contributed by atoms with Crippen LogP contribution in [0.1, 0.15) is 18.1 Å². The van der Waals surface area contributed by atoms with E-state index >= 15 is 0 Å². The van der Waals surface area contributed by atoms with E-state index in [1.54, 1.807) is 6.21 Å². The number of aliphatic carboxylic acids is 1. The van der Waals surface area contributed by atoms with Crippen LogP contribution < -0.4 is 11.2 Å². The number of rotatable bonds is 6. The number of amides is 1. The van der Waals surface area contributed by atoms with Crippen molar-refractivity contribution in [2.24, 2.45) is 10.8 Å². The SMILES string of the molecule is CC(=O)NN=CCc1ccc(CC(N)C(=O)O)cc1. The number of hydrogen-bond donors (Lipinski definition) is 3. The number of nitrogens with zero attached hydrogens (tertiary/aromatic N) is 1. The van der Waals surface area contributed by atoms with Crippen molar-refractivity contribution in [3.63, 3.8) is 0 Å². The van der Waals surface area contributed by atoms with Gasteiger partial charge in [0.2, 0.25) is 5.91 Å². The van der Waals surface area contributed by atoms with E-state index < -0.39 is 12.0 Å². The first-order chi connectivity index (χ1) is 8.99. The number of nitrogens with two attached hydrogens (primary N) is 1. The van der Waals surface area contributed by atoms with Gasteiger partial charge in [0, 0.05) is 19.6 Å². The Hall–Kier alpha value is -2.21.